The Labute approximate surface area is 170 Å². The van der Waals surface area contributed by atoms with Crippen LogP contribution in [0.5, 0.6) is 0 Å². The molecule has 0 aliphatic carbocycles. The van der Waals surface area contributed by atoms with Crippen LogP contribution in [-0.2, 0) is 10.0 Å². The van der Waals surface area contributed by atoms with Gasteiger partial charge >= 0.3 is 0 Å². The molecule has 3 heterocycles. The molecule has 0 fully saturated rings. The summed E-state index contributed by atoms with van der Waals surface area (Å²) in [6.45, 7) is 1.67. The van der Waals surface area contributed by atoms with Crippen molar-refractivity contribution in [1.29, 1.82) is 0 Å². The van der Waals surface area contributed by atoms with Gasteiger partial charge in [-0.05, 0) is 31.4 Å². The number of rotatable bonds is 4. The number of aromatic nitrogens is 3. The second-order valence-electron chi connectivity index (χ2n) is 6.47. The van der Waals surface area contributed by atoms with Gasteiger partial charge < -0.3 is 0 Å². The number of hydrogen-bond acceptors (Lipinski definition) is 6. The number of alkyl halides is 1. The zero-order valence-corrected chi connectivity index (χ0v) is 17.1. The van der Waals surface area contributed by atoms with Gasteiger partial charge in [-0.2, -0.15) is 0 Å². The highest BCUT2D eigenvalue weighted by Crippen LogP contribution is 2.21. The molecular formula is C19H16F2N4O2S2. The molecule has 0 bridgehead atoms. The fourth-order valence-electron chi connectivity index (χ4n) is 3.02. The molecule has 4 rings (SSSR count). The summed E-state index contributed by atoms with van der Waals surface area (Å²) in [4.78, 5) is 12.3. The van der Waals surface area contributed by atoms with E-state index in [4.69, 9.17) is 0 Å². The minimum absolute atomic E-state index is 0.0786. The predicted molar refractivity (Wildman–Crippen MR) is 106 cm³/mol. The van der Waals surface area contributed by atoms with Crippen LogP contribution >= 0.6 is 11.8 Å². The van der Waals surface area contributed by atoms with Crippen LogP contribution in [0.4, 0.5) is 8.78 Å². The zero-order valence-electron chi connectivity index (χ0n) is 15.5. The lowest BCUT2D eigenvalue weighted by Crippen LogP contribution is -2.38. The van der Waals surface area contributed by atoms with E-state index in [-0.39, 0.29) is 38.6 Å². The monoisotopic (exact) mass is 434 g/mol. The van der Waals surface area contributed by atoms with E-state index in [1.54, 1.807) is 18.4 Å². The molecule has 1 unspecified atom stereocenters. The Morgan fingerprint density at radius 1 is 1.24 bits per heavy atom. The minimum atomic E-state index is -3.98. The normalized spacial score (nSPS) is 16.1. The second kappa shape index (κ2) is 7.34. The summed E-state index contributed by atoms with van der Waals surface area (Å²) in [5, 5.41) is 0.389. The quantitative estimate of drug-likeness (QED) is 0.464. The maximum absolute atomic E-state index is 14.0. The van der Waals surface area contributed by atoms with Crippen LogP contribution in [0.1, 0.15) is 5.56 Å². The molecule has 0 N–H and O–H groups in total. The molecule has 6 nitrogen and oxygen atoms in total. The third kappa shape index (κ3) is 3.46. The van der Waals surface area contributed by atoms with Crippen LogP contribution in [0.25, 0.3) is 17.5 Å². The molecule has 0 radical (unpaired) electrons. The highest BCUT2D eigenvalue weighted by atomic mass is 32.2. The van der Waals surface area contributed by atoms with E-state index < -0.39 is 22.0 Å². The Kier molecular flexibility index (Phi) is 4.99. The number of aryl methyl sites for hydroxylation is 1. The van der Waals surface area contributed by atoms with Gasteiger partial charge in [0.05, 0.1) is 17.6 Å². The average Bonchev–Trinajstić information content (AvgIpc) is 3.08. The third-order valence-electron chi connectivity index (χ3n) is 4.47. The van der Waals surface area contributed by atoms with Crippen molar-refractivity contribution in [2.75, 3.05) is 12.8 Å². The molecule has 3 aromatic rings. The average molecular weight is 434 g/mol. The van der Waals surface area contributed by atoms with Gasteiger partial charge in [-0.25, -0.2) is 31.1 Å². The van der Waals surface area contributed by atoms with E-state index in [1.165, 1.54) is 24.4 Å². The van der Waals surface area contributed by atoms with E-state index in [2.05, 4.69) is 15.0 Å². The van der Waals surface area contributed by atoms with Gasteiger partial charge in [-0.3, -0.25) is 4.99 Å². The van der Waals surface area contributed by atoms with Gasteiger partial charge in [0.2, 0.25) is 0 Å². The maximum atomic E-state index is 14.0. The molecule has 0 spiro atoms. The number of fused-ring (bicyclic) bond motifs is 1. The number of nitrogens with zero attached hydrogens (tertiary/aromatic N) is 4. The van der Waals surface area contributed by atoms with Crippen molar-refractivity contribution < 1.29 is 17.2 Å². The molecule has 1 aliphatic rings. The molecular weight excluding hydrogens is 418 g/mol. The van der Waals surface area contributed by atoms with Gasteiger partial charge in [0.1, 0.15) is 16.7 Å². The van der Waals surface area contributed by atoms with E-state index >= 15 is 0 Å². The van der Waals surface area contributed by atoms with E-state index in [0.29, 0.717) is 0 Å². The summed E-state index contributed by atoms with van der Waals surface area (Å²) >= 11 is 1.09. The summed E-state index contributed by atoms with van der Waals surface area (Å²) in [7, 11) is -3.98. The van der Waals surface area contributed by atoms with Crippen molar-refractivity contribution in [2.45, 2.75) is 23.0 Å². The van der Waals surface area contributed by atoms with Crippen molar-refractivity contribution in [3.05, 3.63) is 58.7 Å². The van der Waals surface area contributed by atoms with Gasteiger partial charge in [0.25, 0.3) is 10.0 Å². The van der Waals surface area contributed by atoms with E-state index in [9.17, 15) is 17.2 Å². The summed E-state index contributed by atoms with van der Waals surface area (Å²) in [5.41, 5.74) is 1.30. The van der Waals surface area contributed by atoms with Crippen LogP contribution < -0.4 is 10.7 Å². The summed E-state index contributed by atoms with van der Waals surface area (Å²) in [5.74, 6) is -0.482. The van der Waals surface area contributed by atoms with Crippen LogP contribution in [0, 0.1) is 12.7 Å². The van der Waals surface area contributed by atoms with Gasteiger partial charge in [-0.1, -0.05) is 17.7 Å². The molecule has 0 saturated heterocycles. The molecule has 150 valence electrons. The molecule has 10 heteroatoms. The predicted octanol–water partition coefficient (Wildman–Crippen LogP) is 2.10. The zero-order chi connectivity index (χ0) is 20.8. The lowest BCUT2D eigenvalue weighted by Gasteiger charge is -2.08. The largest absolute Gasteiger partial charge is 0.269 e. The van der Waals surface area contributed by atoms with E-state index in [0.717, 1.165) is 27.5 Å². The van der Waals surface area contributed by atoms with Crippen LogP contribution in [0.3, 0.4) is 0 Å². The van der Waals surface area contributed by atoms with Crippen molar-refractivity contribution in [3.8, 4) is 11.4 Å². The van der Waals surface area contributed by atoms with Crippen LogP contribution in [0.15, 0.2) is 51.6 Å². The Morgan fingerprint density at radius 3 is 2.66 bits per heavy atom. The first kappa shape index (κ1) is 19.7. The molecule has 0 saturated carbocycles. The van der Waals surface area contributed by atoms with E-state index in [1.807, 2.05) is 6.92 Å². The summed E-state index contributed by atoms with van der Waals surface area (Å²) in [6.07, 6.45) is 3.93. The Bertz CT molecular complexity index is 1320. The summed E-state index contributed by atoms with van der Waals surface area (Å²) in [6, 6.07) is 6.39. The SMILES string of the molecule is CSc1nc(-c2cn(S(=O)(=O)c3ccc(C)cc3)c3c2=CC(F)CN=3)ncc1F. The summed E-state index contributed by atoms with van der Waals surface area (Å²) < 4.78 is 55.3. The molecule has 1 aromatic carbocycles. The molecule has 2 aromatic heterocycles. The lowest BCUT2D eigenvalue weighted by molar-refractivity contribution is 0.421. The van der Waals surface area contributed by atoms with Crippen LogP contribution in [0.2, 0.25) is 0 Å². The van der Waals surface area contributed by atoms with Gasteiger partial charge in [-0.15, -0.1) is 11.8 Å². The Hall–Kier alpha value is -2.59. The van der Waals surface area contributed by atoms with Crippen molar-refractivity contribution in [3.63, 3.8) is 0 Å². The minimum Gasteiger partial charge on any atom is -0.263 e. The third-order valence-corrected chi connectivity index (χ3v) is 6.81. The number of thioether (sulfide) groups is 1. The number of benzene rings is 1. The second-order valence-corrected chi connectivity index (χ2v) is 9.08. The first-order chi connectivity index (χ1) is 13.8. The molecule has 1 aliphatic heterocycles. The van der Waals surface area contributed by atoms with Crippen molar-refractivity contribution in [1.82, 2.24) is 13.9 Å². The standard InChI is InChI=1S/C19H16F2N4O2S2/c1-11-3-5-13(6-4-11)29(26,27)25-10-15(14-7-12(20)8-23-18(14)25)17-22-9-16(21)19(24-17)28-2/h3-7,9-10,12H,8H2,1-2H3. The van der Waals surface area contributed by atoms with Crippen LogP contribution in [-0.4, -0.2) is 41.3 Å². The smallest absolute Gasteiger partial charge is 0.263 e. The first-order valence-corrected chi connectivity index (χ1v) is 11.3. The topological polar surface area (TPSA) is 77.2 Å². The Morgan fingerprint density at radius 2 is 1.97 bits per heavy atom. The van der Waals surface area contributed by atoms with Gasteiger partial charge in [0.15, 0.2) is 11.6 Å². The molecule has 0 amide bonds. The highest BCUT2D eigenvalue weighted by Gasteiger charge is 2.24. The molecule has 29 heavy (non-hydrogen) atoms. The fraction of sp³-hybridized carbons (Fsp3) is 0.211. The lowest BCUT2D eigenvalue weighted by atomic mass is 10.2. The highest BCUT2D eigenvalue weighted by molar-refractivity contribution is 7.98. The van der Waals surface area contributed by atoms with Gasteiger partial charge in [0, 0.05) is 17.0 Å². The number of hydrogen-bond donors (Lipinski definition) is 0. The fourth-order valence-corrected chi connectivity index (χ4v) is 4.78. The first-order valence-electron chi connectivity index (χ1n) is 8.62. The Balaban J connectivity index is 1.98. The number of halogens is 2. The molecule has 1 atom stereocenters. The van der Waals surface area contributed by atoms with Crippen molar-refractivity contribution in [2.24, 2.45) is 4.99 Å². The van der Waals surface area contributed by atoms with Crippen molar-refractivity contribution >= 4 is 27.9 Å². The maximum Gasteiger partial charge on any atom is 0.269 e.